The Hall–Kier alpha value is -3.15. The lowest BCUT2D eigenvalue weighted by Crippen LogP contribution is -2.53. The van der Waals surface area contributed by atoms with Gasteiger partial charge in [-0.05, 0) is 42.7 Å². The molecular weight excluding hydrogens is 354 g/mol. The highest BCUT2D eigenvalue weighted by atomic mass is 16.2. The normalized spacial score (nSPS) is 14.4. The summed E-state index contributed by atoms with van der Waals surface area (Å²) in [5.41, 5.74) is 3.68. The summed E-state index contributed by atoms with van der Waals surface area (Å²) in [5.74, 6) is -1.05. The van der Waals surface area contributed by atoms with E-state index in [1.54, 1.807) is 21.9 Å². The van der Waals surface area contributed by atoms with E-state index in [0.29, 0.717) is 38.3 Å². The minimum Gasteiger partial charge on any atom is -0.348 e. The van der Waals surface area contributed by atoms with Crippen molar-refractivity contribution in [3.63, 3.8) is 0 Å². The Morgan fingerprint density at radius 1 is 0.964 bits per heavy atom. The van der Waals surface area contributed by atoms with Crippen LogP contribution in [0.4, 0.5) is 0 Å². The molecule has 6 heteroatoms. The Labute approximate surface area is 165 Å². The maximum atomic E-state index is 12.4. The van der Waals surface area contributed by atoms with Gasteiger partial charge in [0.2, 0.25) is 0 Å². The number of hydrogen-bond acceptors (Lipinski definition) is 3. The average Bonchev–Trinajstić information content (AvgIpc) is 2.71. The molecule has 0 spiro atoms. The minimum absolute atomic E-state index is 0.141. The molecule has 6 nitrogen and oxygen atoms in total. The number of rotatable bonds is 6. The van der Waals surface area contributed by atoms with Gasteiger partial charge in [0.05, 0.1) is 0 Å². The van der Waals surface area contributed by atoms with Crippen molar-refractivity contribution >= 4 is 17.7 Å². The van der Waals surface area contributed by atoms with Gasteiger partial charge in [0, 0.05) is 38.3 Å². The summed E-state index contributed by atoms with van der Waals surface area (Å²) in [6, 6.07) is 15.1. The minimum atomic E-state index is -0.465. The van der Waals surface area contributed by atoms with E-state index in [4.69, 9.17) is 0 Å². The first-order valence-corrected chi connectivity index (χ1v) is 9.49. The number of nitrogens with zero attached hydrogens (tertiary/aromatic N) is 2. The molecule has 1 heterocycles. The SMILES string of the molecule is CCN1CCN(Cc2ccc(C(=O)NCc3ccccc3C)cc2)C(=O)C1=O. The zero-order valence-electron chi connectivity index (χ0n) is 16.3. The molecule has 0 aliphatic carbocycles. The molecule has 28 heavy (non-hydrogen) atoms. The number of carbonyl (C=O) groups excluding carboxylic acids is 3. The van der Waals surface area contributed by atoms with Gasteiger partial charge >= 0.3 is 11.8 Å². The van der Waals surface area contributed by atoms with Crippen molar-refractivity contribution in [3.8, 4) is 0 Å². The van der Waals surface area contributed by atoms with E-state index in [1.807, 2.05) is 50.2 Å². The van der Waals surface area contributed by atoms with E-state index < -0.39 is 11.8 Å². The quantitative estimate of drug-likeness (QED) is 0.782. The predicted octanol–water partition coefficient (Wildman–Crippen LogP) is 2.12. The lowest BCUT2D eigenvalue weighted by atomic mass is 10.1. The lowest BCUT2D eigenvalue weighted by molar-refractivity contribution is -0.156. The van der Waals surface area contributed by atoms with Gasteiger partial charge in [-0.25, -0.2) is 0 Å². The van der Waals surface area contributed by atoms with Crippen LogP contribution in [0.5, 0.6) is 0 Å². The van der Waals surface area contributed by atoms with Gasteiger partial charge in [-0.15, -0.1) is 0 Å². The number of carbonyl (C=O) groups is 3. The van der Waals surface area contributed by atoms with Crippen molar-refractivity contribution in [2.75, 3.05) is 19.6 Å². The third-order valence-corrected chi connectivity index (χ3v) is 5.07. The van der Waals surface area contributed by atoms with Crippen LogP contribution in [0.2, 0.25) is 0 Å². The largest absolute Gasteiger partial charge is 0.348 e. The molecule has 1 fully saturated rings. The molecule has 0 atom stereocenters. The molecule has 3 rings (SSSR count). The number of benzene rings is 2. The number of amides is 3. The first-order chi connectivity index (χ1) is 13.5. The predicted molar refractivity (Wildman–Crippen MR) is 106 cm³/mol. The molecule has 3 amide bonds. The third-order valence-electron chi connectivity index (χ3n) is 5.07. The second kappa shape index (κ2) is 8.69. The Bertz CT molecular complexity index is 877. The molecule has 1 N–H and O–H groups in total. The summed E-state index contributed by atoms with van der Waals surface area (Å²) in [5, 5.41) is 2.93. The van der Waals surface area contributed by atoms with E-state index in [2.05, 4.69) is 5.32 Å². The van der Waals surface area contributed by atoms with Crippen LogP contribution in [-0.4, -0.2) is 47.2 Å². The van der Waals surface area contributed by atoms with Crippen molar-refractivity contribution in [2.24, 2.45) is 0 Å². The van der Waals surface area contributed by atoms with Crippen LogP contribution in [-0.2, 0) is 22.7 Å². The zero-order valence-corrected chi connectivity index (χ0v) is 16.3. The molecule has 1 aliphatic rings. The molecule has 0 unspecified atom stereocenters. The van der Waals surface area contributed by atoms with Crippen LogP contribution in [0.25, 0.3) is 0 Å². The Kier molecular flexibility index (Phi) is 6.09. The molecule has 0 aromatic heterocycles. The van der Waals surface area contributed by atoms with Gasteiger partial charge in [0.1, 0.15) is 0 Å². The fourth-order valence-electron chi connectivity index (χ4n) is 3.24. The van der Waals surface area contributed by atoms with Crippen molar-refractivity contribution in [1.82, 2.24) is 15.1 Å². The van der Waals surface area contributed by atoms with Gasteiger partial charge in [-0.3, -0.25) is 14.4 Å². The van der Waals surface area contributed by atoms with Crippen molar-refractivity contribution in [2.45, 2.75) is 26.9 Å². The highest BCUT2D eigenvalue weighted by Crippen LogP contribution is 2.12. The highest BCUT2D eigenvalue weighted by molar-refractivity contribution is 6.35. The van der Waals surface area contributed by atoms with Crippen molar-refractivity contribution in [3.05, 3.63) is 70.8 Å². The summed E-state index contributed by atoms with van der Waals surface area (Å²) in [4.78, 5) is 39.7. The number of likely N-dealkylation sites (N-methyl/N-ethyl adjacent to an activating group) is 1. The number of aryl methyl sites for hydroxylation is 1. The molecule has 0 saturated carbocycles. The summed E-state index contributed by atoms with van der Waals surface area (Å²) < 4.78 is 0. The first kappa shape index (κ1) is 19.6. The molecule has 2 aromatic carbocycles. The van der Waals surface area contributed by atoms with Gasteiger partial charge in [-0.2, -0.15) is 0 Å². The average molecular weight is 379 g/mol. The third kappa shape index (κ3) is 4.39. The Balaban J connectivity index is 1.57. The van der Waals surface area contributed by atoms with Crippen molar-refractivity contribution in [1.29, 1.82) is 0 Å². The summed E-state index contributed by atoms with van der Waals surface area (Å²) >= 11 is 0. The van der Waals surface area contributed by atoms with Crippen LogP contribution in [0.3, 0.4) is 0 Å². The number of hydrogen-bond donors (Lipinski definition) is 1. The van der Waals surface area contributed by atoms with E-state index in [9.17, 15) is 14.4 Å². The van der Waals surface area contributed by atoms with Crippen LogP contribution < -0.4 is 5.32 Å². The Morgan fingerprint density at radius 3 is 2.29 bits per heavy atom. The van der Waals surface area contributed by atoms with E-state index in [1.165, 1.54) is 0 Å². The second-order valence-corrected chi connectivity index (χ2v) is 6.92. The smallest absolute Gasteiger partial charge is 0.312 e. The van der Waals surface area contributed by atoms with Gasteiger partial charge in [-0.1, -0.05) is 36.4 Å². The molecule has 146 valence electrons. The Morgan fingerprint density at radius 2 is 1.61 bits per heavy atom. The van der Waals surface area contributed by atoms with Crippen LogP contribution in [0, 0.1) is 6.92 Å². The van der Waals surface area contributed by atoms with Crippen LogP contribution in [0.1, 0.15) is 34.0 Å². The van der Waals surface area contributed by atoms with E-state index in [-0.39, 0.29) is 5.91 Å². The van der Waals surface area contributed by atoms with Crippen molar-refractivity contribution < 1.29 is 14.4 Å². The monoisotopic (exact) mass is 379 g/mol. The van der Waals surface area contributed by atoms with Crippen LogP contribution >= 0.6 is 0 Å². The molecule has 1 aliphatic heterocycles. The molecule has 2 aromatic rings. The summed E-state index contributed by atoms with van der Waals surface area (Å²) in [7, 11) is 0. The maximum Gasteiger partial charge on any atom is 0.312 e. The van der Waals surface area contributed by atoms with Gasteiger partial charge < -0.3 is 15.1 Å². The van der Waals surface area contributed by atoms with Crippen LogP contribution in [0.15, 0.2) is 48.5 Å². The highest BCUT2D eigenvalue weighted by Gasteiger charge is 2.31. The fourth-order valence-corrected chi connectivity index (χ4v) is 3.24. The summed E-state index contributed by atoms with van der Waals surface area (Å²) in [6.45, 7) is 6.35. The molecule has 1 saturated heterocycles. The van der Waals surface area contributed by atoms with E-state index >= 15 is 0 Å². The zero-order chi connectivity index (χ0) is 20.1. The standard InChI is InChI=1S/C22H25N3O3/c1-3-24-12-13-25(22(28)21(24)27)15-17-8-10-18(11-9-17)20(26)23-14-19-7-5-4-6-16(19)2/h4-11H,3,12-15H2,1-2H3,(H,23,26). The topological polar surface area (TPSA) is 69.7 Å². The maximum absolute atomic E-state index is 12.4. The lowest BCUT2D eigenvalue weighted by Gasteiger charge is -2.33. The second-order valence-electron chi connectivity index (χ2n) is 6.92. The molecule has 0 radical (unpaired) electrons. The fraction of sp³-hybridized carbons (Fsp3) is 0.318. The van der Waals surface area contributed by atoms with Gasteiger partial charge in [0.25, 0.3) is 5.91 Å². The number of nitrogens with one attached hydrogen (secondary N) is 1. The van der Waals surface area contributed by atoms with E-state index in [0.717, 1.165) is 16.7 Å². The summed E-state index contributed by atoms with van der Waals surface area (Å²) in [6.07, 6.45) is 0. The molecule has 0 bridgehead atoms. The first-order valence-electron chi connectivity index (χ1n) is 9.49. The van der Waals surface area contributed by atoms with Gasteiger partial charge in [0.15, 0.2) is 0 Å². The number of piperazine rings is 1. The molecular formula is C22H25N3O3.